The molecule has 0 saturated carbocycles. The van der Waals surface area contributed by atoms with Crippen molar-refractivity contribution in [3.05, 3.63) is 62.1 Å². The molecule has 0 aliphatic rings. The van der Waals surface area contributed by atoms with Gasteiger partial charge in [0, 0.05) is 18.3 Å². The predicted molar refractivity (Wildman–Crippen MR) is 77.1 cm³/mol. The van der Waals surface area contributed by atoms with Crippen molar-refractivity contribution in [1.29, 1.82) is 0 Å². The van der Waals surface area contributed by atoms with E-state index in [2.05, 4.69) is 26.2 Å². The summed E-state index contributed by atoms with van der Waals surface area (Å²) < 4.78 is 13.6. The van der Waals surface area contributed by atoms with Crippen molar-refractivity contribution < 1.29 is 9.31 Å². The summed E-state index contributed by atoms with van der Waals surface area (Å²) in [5, 5.41) is 13.8. The van der Waals surface area contributed by atoms with Crippen molar-refractivity contribution in [3.63, 3.8) is 0 Å². The number of aryl methyl sites for hydroxylation is 1. The molecule has 0 amide bonds. The average molecular weight is 340 g/mol. The van der Waals surface area contributed by atoms with Gasteiger partial charge in [-0.2, -0.15) is 0 Å². The summed E-state index contributed by atoms with van der Waals surface area (Å²) >= 11 is 2.94. The number of nitrogens with one attached hydrogen (secondary N) is 1. The Balaban J connectivity index is 2.27. The Morgan fingerprint density at radius 3 is 2.90 bits per heavy atom. The number of benzene rings is 1. The smallest absolute Gasteiger partial charge is 0.293 e. The number of pyridine rings is 1. The molecule has 1 N–H and O–H groups in total. The van der Waals surface area contributed by atoms with Crippen LogP contribution in [0, 0.1) is 22.9 Å². The van der Waals surface area contributed by atoms with Gasteiger partial charge in [0.05, 0.1) is 21.6 Å². The van der Waals surface area contributed by atoms with Crippen molar-refractivity contribution in [2.24, 2.45) is 0 Å². The van der Waals surface area contributed by atoms with Crippen LogP contribution in [0.2, 0.25) is 0 Å². The zero-order valence-electron chi connectivity index (χ0n) is 10.6. The molecule has 1 heterocycles. The molecule has 20 heavy (non-hydrogen) atoms. The number of aromatic nitrogens is 1. The Hall–Kier alpha value is -2.02. The number of hydrogen-bond donors (Lipinski definition) is 1. The molecule has 0 aliphatic carbocycles. The van der Waals surface area contributed by atoms with E-state index in [1.807, 2.05) is 13.0 Å². The van der Waals surface area contributed by atoms with Crippen molar-refractivity contribution in [2.45, 2.75) is 13.5 Å². The molecule has 0 aliphatic heterocycles. The van der Waals surface area contributed by atoms with Gasteiger partial charge in [0.15, 0.2) is 0 Å². The minimum atomic E-state index is -0.559. The van der Waals surface area contributed by atoms with Crippen LogP contribution < -0.4 is 5.32 Å². The summed E-state index contributed by atoms with van der Waals surface area (Å²) in [6, 6.07) is 5.94. The maximum absolute atomic E-state index is 13.5. The molecule has 7 heteroatoms. The lowest BCUT2D eigenvalue weighted by atomic mass is 10.2. The van der Waals surface area contributed by atoms with E-state index in [0.717, 1.165) is 23.4 Å². The largest absolute Gasteiger partial charge is 0.374 e. The molecule has 0 spiro atoms. The fraction of sp³-hybridized carbons (Fsp3) is 0.154. The number of halogens is 2. The van der Waals surface area contributed by atoms with Gasteiger partial charge < -0.3 is 5.32 Å². The van der Waals surface area contributed by atoms with Gasteiger partial charge in [-0.25, -0.2) is 4.39 Å². The van der Waals surface area contributed by atoms with Crippen LogP contribution in [0.5, 0.6) is 0 Å². The second-order valence-electron chi connectivity index (χ2n) is 4.16. The summed E-state index contributed by atoms with van der Waals surface area (Å²) in [5.74, 6) is -0.559. The summed E-state index contributed by atoms with van der Waals surface area (Å²) in [7, 11) is 0. The average Bonchev–Trinajstić information content (AvgIpc) is 2.41. The molecule has 0 saturated heterocycles. The van der Waals surface area contributed by atoms with Crippen LogP contribution >= 0.6 is 15.9 Å². The first kappa shape index (κ1) is 14.4. The third kappa shape index (κ3) is 3.11. The maximum atomic E-state index is 13.5. The van der Waals surface area contributed by atoms with E-state index in [9.17, 15) is 14.5 Å². The number of nitro benzene ring substituents is 1. The monoisotopic (exact) mass is 339 g/mol. The zero-order valence-corrected chi connectivity index (χ0v) is 12.1. The molecule has 104 valence electrons. The van der Waals surface area contributed by atoms with Gasteiger partial charge in [0.25, 0.3) is 5.69 Å². The molecular weight excluding hydrogens is 329 g/mol. The topological polar surface area (TPSA) is 68.1 Å². The van der Waals surface area contributed by atoms with Gasteiger partial charge in [0.1, 0.15) is 11.5 Å². The van der Waals surface area contributed by atoms with Crippen LogP contribution in [0.4, 0.5) is 15.8 Å². The Kier molecular flexibility index (Phi) is 4.29. The van der Waals surface area contributed by atoms with Crippen molar-refractivity contribution >= 4 is 27.3 Å². The fourth-order valence-electron chi connectivity index (χ4n) is 1.71. The number of rotatable bonds is 4. The maximum Gasteiger partial charge on any atom is 0.293 e. The molecule has 1 aromatic heterocycles. The van der Waals surface area contributed by atoms with E-state index in [-0.39, 0.29) is 22.4 Å². The standard InChI is InChI=1S/C13H11BrFN3O2/c1-8-3-2-4-16-12(8)7-17-11-6-10(15)9(14)5-13(11)18(19)20/h2-6,17H,7H2,1H3. The van der Waals surface area contributed by atoms with Crippen LogP contribution in [-0.4, -0.2) is 9.91 Å². The predicted octanol–water partition coefficient (Wildman–Crippen LogP) is 3.81. The molecule has 0 atom stereocenters. The Bertz CT molecular complexity index is 664. The van der Waals surface area contributed by atoms with E-state index in [1.54, 1.807) is 12.3 Å². The van der Waals surface area contributed by atoms with Crippen LogP contribution in [0.3, 0.4) is 0 Å². The van der Waals surface area contributed by atoms with E-state index >= 15 is 0 Å². The first-order valence-electron chi connectivity index (χ1n) is 5.77. The third-order valence-electron chi connectivity index (χ3n) is 2.80. The summed E-state index contributed by atoms with van der Waals surface area (Å²) in [6.45, 7) is 2.18. The zero-order chi connectivity index (χ0) is 14.7. The van der Waals surface area contributed by atoms with Gasteiger partial charge >= 0.3 is 0 Å². The SMILES string of the molecule is Cc1cccnc1CNc1cc(F)c(Br)cc1[N+](=O)[O-]. The number of hydrogen-bond acceptors (Lipinski definition) is 4. The molecule has 5 nitrogen and oxygen atoms in total. The highest BCUT2D eigenvalue weighted by Gasteiger charge is 2.17. The van der Waals surface area contributed by atoms with Crippen molar-refractivity contribution in [3.8, 4) is 0 Å². The van der Waals surface area contributed by atoms with Gasteiger partial charge in [-0.1, -0.05) is 6.07 Å². The fourth-order valence-corrected chi connectivity index (χ4v) is 2.04. The normalized spacial score (nSPS) is 10.3. The molecule has 2 aromatic rings. The Labute approximate surface area is 123 Å². The van der Waals surface area contributed by atoms with E-state index in [1.165, 1.54) is 0 Å². The second-order valence-corrected chi connectivity index (χ2v) is 5.02. The molecule has 0 bridgehead atoms. The first-order chi connectivity index (χ1) is 9.49. The number of nitrogens with zero attached hydrogens (tertiary/aromatic N) is 2. The quantitative estimate of drug-likeness (QED) is 0.679. The van der Waals surface area contributed by atoms with E-state index in [0.29, 0.717) is 0 Å². The molecule has 0 fully saturated rings. The van der Waals surface area contributed by atoms with Gasteiger partial charge in [-0.05, 0) is 34.5 Å². The van der Waals surface area contributed by atoms with Crippen LogP contribution in [0.1, 0.15) is 11.3 Å². The molecule has 0 unspecified atom stereocenters. The third-order valence-corrected chi connectivity index (χ3v) is 3.41. The van der Waals surface area contributed by atoms with Crippen LogP contribution in [0.25, 0.3) is 0 Å². The lowest BCUT2D eigenvalue weighted by Gasteiger charge is -2.09. The number of nitro groups is 1. The summed E-state index contributed by atoms with van der Waals surface area (Å²) in [5.41, 5.74) is 1.65. The summed E-state index contributed by atoms with van der Waals surface area (Å²) in [6.07, 6.45) is 1.64. The Morgan fingerprint density at radius 1 is 1.50 bits per heavy atom. The van der Waals surface area contributed by atoms with Crippen LogP contribution in [-0.2, 0) is 6.54 Å². The molecular formula is C13H11BrFN3O2. The lowest BCUT2D eigenvalue weighted by molar-refractivity contribution is -0.384. The molecule has 1 aromatic carbocycles. The van der Waals surface area contributed by atoms with Gasteiger partial charge in [0.2, 0.25) is 0 Å². The molecule has 0 radical (unpaired) electrons. The van der Waals surface area contributed by atoms with E-state index in [4.69, 9.17) is 0 Å². The highest BCUT2D eigenvalue weighted by molar-refractivity contribution is 9.10. The second kappa shape index (κ2) is 5.96. The molecule has 2 rings (SSSR count). The summed E-state index contributed by atoms with van der Waals surface area (Å²) in [4.78, 5) is 14.6. The minimum absolute atomic E-state index is 0.0590. The minimum Gasteiger partial charge on any atom is -0.374 e. The first-order valence-corrected chi connectivity index (χ1v) is 6.56. The van der Waals surface area contributed by atoms with E-state index < -0.39 is 10.7 Å². The van der Waals surface area contributed by atoms with Gasteiger partial charge in [-0.3, -0.25) is 15.1 Å². The highest BCUT2D eigenvalue weighted by atomic mass is 79.9. The number of anilines is 1. The van der Waals surface area contributed by atoms with Crippen molar-refractivity contribution in [1.82, 2.24) is 4.98 Å². The van der Waals surface area contributed by atoms with Gasteiger partial charge in [-0.15, -0.1) is 0 Å². The Morgan fingerprint density at radius 2 is 2.25 bits per heavy atom. The highest BCUT2D eigenvalue weighted by Crippen LogP contribution is 2.30. The lowest BCUT2D eigenvalue weighted by Crippen LogP contribution is -2.06. The van der Waals surface area contributed by atoms with Crippen molar-refractivity contribution in [2.75, 3.05) is 5.32 Å². The van der Waals surface area contributed by atoms with Crippen LogP contribution in [0.15, 0.2) is 34.9 Å².